The average Bonchev–Trinajstić information content (AvgIpc) is 2.67. The van der Waals surface area contributed by atoms with Crippen LogP contribution in [0.4, 0.5) is 0 Å². The first-order valence-electron chi connectivity index (χ1n) is 10.7. The van der Waals surface area contributed by atoms with Gasteiger partial charge in [0, 0.05) is 6.61 Å². The van der Waals surface area contributed by atoms with Crippen molar-refractivity contribution in [3.63, 3.8) is 0 Å². The van der Waals surface area contributed by atoms with Crippen molar-refractivity contribution in [3.05, 3.63) is 72.8 Å². The lowest BCUT2D eigenvalue weighted by molar-refractivity contribution is 0.230. The van der Waals surface area contributed by atoms with Crippen molar-refractivity contribution < 1.29 is 4.43 Å². The summed E-state index contributed by atoms with van der Waals surface area (Å²) in [7, 11) is -2.41. The van der Waals surface area contributed by atoms with E-state index in [0.717, 1.165) is 19.4 Å². The molecule has 2 aromatic carbocycles. The molecule has 0 aromatic heterocycles. The molecular formula is C26H38OSi. The average molecular weight is 395 g/mol. The molecule has 1 nitrogen and oxygen atoms in total. The van der Waals surface area contributed by atoms with Gasteiger partial charge < -0.3 is 4.43 Å². The molecule has 0 saturated heterocycles. The lowest BCUT2D eigenvalue weighted by Crippen LogP contribution is -2.66. The quantitative estimate of drug-likeness (QED) is 0.364. The maximum Gasteiger partial charge on any atom is 0.261 e. The van der Waals surface area contributed by atoms with Gasteiger partial charge in [0.25, 0.3) is 8.32 Å². The Morgan fingerprint density at radius 3 is 1.82 bits per heavy atom. The van der Waals surface area contributed by atoms with Gasteiger partial charge >= 0.3 is 0 Å². The fourth-order valence-electron chi connectivity index (χ4n) is 4.18. The van der Waals surface area contributed by atoms with E-state index in [9.17, 15) is 0 Å². The summed E-state index contributed by atoms with van der Waals surface area (Å²) in [5.74, 6) is 1.12. The van der Waals surface area contributed by atoms with Crippen LogP contribution < -0.4 is 10.4 Å². The van der Waals surface area contributed by atoms with Crippen LogP contribution in [0.15, 0.2) is 72.8 Å². The van der Waals surface area contributed by atoms with Crippen LogP contribution in [0.3, 0.4) is 0 Å². The van der Waals surface area contributed by atoms with Crippen molar-refractivity contribution in [1.29, 1.82) is 0 Å². The van der Waals surface area contributed by atoms with Crippen LogP contribution in [0, 0.1) is 11.8 Å². The third-order valence-electron chi connectivity index (χ3n) is 5.48. The van der Waals surface area contributed by atoms with Crippen LogP contribution in [0.1, 0.15) is 54.4 Å². The topological polar surface area (TPSA) is 9.23 Å². The van der Waals surface area contributed by atoms with Gasteiger partial charge in [-0.15, -0.1) is 0 Å². The maximum absolute atomic E-state index is 7.05. The lowest BCUT2D eigenvalue weighted by Gasteiger charge is -2.43. The van der Waals surface area contributed by atoms with Crippen molar-refractivity contribution in [3.8, 4) is 0 Å². The Kier molecular flexibility index (Phi) is 8.27. The van der Waals surface area contributed by atoms with E-state index in [-0.39, 0.29) is 5.04 Å². The van der Waals surface area contributed by atoms with E-state index in [1.165, 1.54) is 10.4 Å². The van der Waals surface area contributed by atoms with E-state index < -0.39 is 8.32 Å². The SMILES string of the molecule is CC/C=C/[C@H](C)C[C@H](C)CO[Si](c1ccccc1)(c1ccccc1)C(C)(C)C. The summed E-state index contributed by atoms with van der Waals surface area (Å²) in [5.41, 5.74) is 0. The second-order valence-corrected chi connectivity index (χ2v) is 13.4. The van der Waals surface area contributed by atoms with Crippen LogP contribution in [0.5, 0.6) is 0 Å². The van der Waals surface area contributed by atoms with Crippen molar-refractivity contribution in [2.75, 3.05) is 6.61 Å². The van der Waals surface area contributed by atoms with E-state index in [1.54, 1.807) is 0 Å². The highest BCUT2D eigenvalue weighted by Gasteiger charge is 2.50. The van der Waals surface area contributed by atoms with Gasteiger partial charge in [-0.05, 0) is 40.1 Å². The number of hydrogen-bond donors (Lipinski definition) is 0. The smallest absolute Gasteiger partial charge is 0.261 e. The zero-order valence-electron chi connectivity index (χ0n) is 18.6. The standard InChI is InChI=1S/C26H38OSi/c1-7-8-15-22(2)20-23(3)21-27-28(26(4,5)6,24-16-11-9-12-17-24)25-18-13-10-14-19-25/h8-19,22-23H,7,20-21H2,1-6H3/b15-8+/t22-,23-/m0/s1. The van der Waals surface area contributed by atoms with Crippen molar-refractivity contribution >= 4 is 18.7 Å². The molecule has 0 spiro atoms. The molecule has 2 heteroatoms. The summed E-state index contributed by atoms with van der Waals surface area (Å²) in [6.07, 6.45) is 6.89. The Morgan fingerprint density at radius 2 is 1.39 bits per heavy atom. The summed E-state index contributed by atoms with van der Waals surface area (Å²) in [4.78, 5) is 0. The van der Waals surface area contributed by atoms with Crippen molar-refractivity contribution in [2.24, 2.45) is 11.8 Å². The normalized spacial score (nSPS) is 14.9. The third-order valence-corrected chi connectivity index (χ3v) is 10.5. The molecule has 0 saturated carbocycles. The molecular weight excluding hydrogens is 356 g/mol. The van der Waals surface area contributed by atoms with Crippen molar-refractivity contribution in [1.82, 2.24) is 0 Å². The first-order chi connectivity index (χ1) is 13.3. The molecule has 0 heterocycles. The number of hydrogen-bond acceptors (Lipinski definition) is 1. The zero-order valence-corrected chi connectivity index (χ0v) is 19.6. The molecule has 0 aliphatic heterocycles. The molecule has 0 fully saturated rings. The van der Waals surface area contributed by atoms with E-state index >= 15 is 0 Å². The Labute approximate surface area is 174 Å². The minimum absolute atomic E-state index is 0.0448. The Hall–Kier alpha value is -1.64. The van der Waals surface area contributed by atoms with E-state index in [2.05, 4.69) is 114 Å². The first-order valence-corrected chi connectivity index (χ1v) is 12.6. The highest BCUT2D eigenvalue weighted by Crippen LogP contribution is 2.37. The number of allylic oxidation sites excluding steroid dienone is 2. The molecule has 28 heavy (non-hydrogen) atoms. The fourth-order valence-corrected chi connectivity index (χ4v) is 8.87. The van der Waals surface area contributed by atoms with Gasteiger partial charge in [-0.2, -0.15) is 0 Å². The molecule has 0 bridgehead atoms. The second kappa shape index (κ2) is 10.2. The molecule has 0 amide bonds. The summed E-state index contributed by atoms with van der Waals surface area (Å²) in [6.45, 7) is 14.7. The minimum Gasteiger partial charge on any atom is -0.407 e. The zero-order chi connectivity index (χ0) is 20.6. The maximum atomic E-state index is 7.05. The fraction of sp³-hybridized carbons (Fsp3) is 0.462. The van der Waals surface area contributed by atoms with E-state index in [1.807, 2.05) is 0 Å². The Balaban J connectivity index is 2.35. The molecule has 0 radical (unpaired) electrons. The van der Waals surface area contributed by atoms with Gasteiger partial charge in [-0.1, -0.05) is 114 Å². The second-order valence-electron chi connectivity index (χ2n) is 9.13. The molecule has 2 rings (SSSR count). The van der Waals surface area contributed by atoms with E-state index in [4.69, 9.17) is 4.43 Å². The molecule has 0 unspecified atom stereocenters. The summed E-state index contributed by atoms with van der Waals surface area (Å²) < 4.78 is 7.05. The minimum atomic E-state index is -2.41. The molecule has 0 aliphatic carbocycles. The van der Waals surface area contributed by atoms with Gasteiger partial charge in [0.1, 0.15) is 0 Å². The highest BCUT2D eigenvalue weighted by molar-refractivity contribution is 6.99. The largest absolute Gasteiger partial charge is 0.407 e. The molecule has 2 aromatic rings. The monoisotopic (exact) mass is 394 g/mol. The number of benzene rings is 2. The van der Waals surface area contributed by atoms with Crippen LogP contribution >= 0.6 is 0 Å². The van der Waals surface area contributed by atoms with E-state index in [0.29, 0.717) is 11.8 Å². The van der Waals surface area contributed by atoms with Gasteiger partial charge in [-0.3, -0.25) is 0 Å². The van der Waals surface area contributed by atoms with Crippen LogP contribution in [-0.2, 0) is 4.43 Å². The first kappa shape index (κ1) is 22.6. The van der Waals surface area contributed by atoms with Gasteiger partial charge in [-0.25, -0.2) is 0 Å². The predicted octanol–water partition coefficient (Wildman–Crippen LogP) is 6.19. The van der Waals surface area contributed by atoms with Crippen LogP contribution in [-0.4, -0.2) is 14.9 Å². The molecule has 0 N–H and O–H groups in total. The van der Waals surface area contributed by atoms with Gasteiger partial charge in [0.15, 0.2) is 0 Å². The molecule has 0 aliphatic rings. The predicted molar refractivity (Wildman–Crippen MR) is 126 cm³/mol. The Bertz CT molecular complexity index is 676. The highest BCUT2D eigenvalue weighted by atomic mass is 28.4. The van der Waals surface area contributed by atoms with Crippen LogP contribution in [0.2, 0.25) is 5.04 Å². The molecule has 152 valence electrons. The Morgan fingerprint density at radius 1 is 0.893 bits per heavy atom. The van der Waals surface area contributed by atoms with Crippen LogP contribution in [0.25, 0.3) is 0 Å². The molecule has 2 atom stereocenters. The van der Waals surface area contributed by atoms with Gasteiger partial charge in [0.05, 0.1) is 0 Å². The number of rotatable bonds is 9. The lowest BCUT2D eigenvalue weighted by atomic mass is 9.97. The van der Waals surface area contributed by atoms with Crippen molar-refractivity contribution in [2.45, 2.75) is 59.4 Å². The van der Waals surface area contributed by atoms with Gasteiger partial charge in [0.2, 0.25) is 0 Å². The summed E-state index contributed by atoms with van der Waals surface area (Å²) >= 11 is 0. The summed E-state index contributed by atoms with van der Waals surface area (Å²) in [6, 6.07) is 21.9. The summed E-state index contributed by atoms with van der Waals surface area (Å²) in [5, 5.41) is 2.77. The third kappa shape index (κ3) is 5.45.